The van der Waals surface area contributed by atoms with Crippen LogP contribution in [-0.4, -0.2) is 34.3 Å². The average molecular weight is 361 g/mol. The average Bonchev–Trinajstić information content (AvgIpc) is 3.13. The minimum absolute atomic E-state index is 0.121. The van der Waals surface area contributed by atoms with Gasteiger partial charge in [0.15, 0.2) is 0 Å². The van der Waals surface area contributed by atoms with E-state index < -0.39 is 17.6 Å². The van der Waals surface area contributed by atoms with Crippen molar-refractivity contribution >= 4 is 23.2 Å². The fourth-order valence-corrected chi connectivity index (χ4v) is 4.17. The van der Waals surface area contributed by atoms with E-state index in [1.807, 2.05) is 6.92 Å². The normalized spacial score (nSPS) is 17.0. The lowest BCUT2D eigenvalue weighted by Crippen LogP contribution is -2.44. The van der Waals surface area contributed by atoms with Crippen LogP contribution in [0.2, 0.25) is 0 Å². The van der Waals surface area contributed by atoms with Crippen LogP contribution in [0.25, 0.3) is 10.4 Å². The first-order valence-corrected chi connectivity index (χ1v) is 8.84. The molecule has 1 aliphatic heterocycles. The predicted octanol–water partition coefficient (Wildman–Crippen LogP) is 1.40. The highest BCUT2D eigenvalue weighted by atomic mass is 32.1. The summed E-state index contributed by atoms with van der Waals surface area (Å²) in [6.07, 6.45) is 1.51. The molecule has 0 bridgehead atoms. The second-order valence-electron chi connectivity index (χ2n) is 6.12. The number of rotatable bonds is 4. The van der Waals surface area contributed by atoms with E-state index in [1.165, 1.54) is 17.4 Å². The van der Waals surface area contributed by atoms with Crippen molar-refractivity contribution in [1.29, 1.82) is 0 Å². The van der Waals surface area contributed by atoms with Gasteiger partial charge in [0.2, 0.25) is 11.8 Å². The van der Waals surface area contributed by atoms with Crippen LogP contribution in [0.3, 0.4) is 0 Å². The summed E-state index contributed by atoms with van der Waals surface area (Å²) in [6, 6.07) is 2.68. The minimum Gasteiger partial charge on any atom is -0.428 e. The van der Waals surface area contributed by atoms with Crippen molar-refractivity contribution in [3.05, 3.63) is 39.0 Å². The Bertz CT molecular complexity index is 886. The molecule has 0 unspecified atom stereocenters. The molecule has 132 valence electrons. The molecule has 3 rings (SSSR count). The molecule has 2 amide bonds. The second kappa shape index (κ2) is 6.79. The zero-order valence-corrected chi connectivity index (χ0v) is 14.9. The lowest BCUT2D eigenvalue weighted by Gasteiger charge is -2.21. The van der Waals surface area contributed by atoms with Crippen LogP contribution < -0.4 is 11.4 Å². The molecule has 1 atom stereocenters. The van der Waals surface area contributed by atoms with Crippen LogP contribution in [-0.2, 0) is 16.0 Å². The fourth-order valence-electron chi connectivity index (χ4n) is 3.12. The summed E-state index contributed by atoms with van der Waals surface area (Å²) < 4.78 is 4.98. The number of amides is 2. The van der Waals surface area contributed by atoms with Gasteiger partial charge in [0.25, 0.3) is 0 Å². The van der Waals surface area contributed by atoms with Gasteiger partial charge in [-0.2, -0.15) is 0 Å². The maximum absolute atomic E-state index is 12.5. The number of carbonyl (C=O) groups excluding carboxylic acids is 2. The summed E-state index contributed by atoms with van der Waals surface area (Å²) in [5.41, 5.74) is 6.44. The quantitative estimate of drug-likeness (QED) is 0.886. The van der Waals surface area contributed by atoms with Crippen LogP contribution in [0, 0.1) is 13.8 Å². The fraction of sp³-hybridized carbons (Fsp3) is 0.412. The van der Waals surface area contributed by atoms with Crippen molar-refractivity contribution in [3.8, 4) is 10.4 Å². The molecular formula is C17H19N3O4S. The Labute approximate surface area is 148 Å². The van der Waals surface area contributed by atoms with Crippen molar-refractivity contribution in [2.24, 2.45) is 5.73 Å². The lowest BCUT2D eigenvalue weighted by atomic mass is 10.2. The molecule has 0 spiro atoms. The predicted molar refractivity (Wildman–Crippen MR) is 93.2 cm³/mol. The Kier molecular flexibility index (Phi) is 4.71. The second-order valence-corrected chi connectivity index (χ2v) is 7.21. The zero-order valence-electron chi connectivity index (χ0n) is 14.1. The third kappa shape index (κ3) is 3.63. The molecule has 0 saturated carbocycles. The molecule has 2 aromatic heterocycles. The molecule has 7 nitrogen and oxygen atoms in total. The monoisotopic (exact) mass is 361 g/mol. The van der Waals surface area contributed by atoms with Crippen molar-refractivity contribution in [2.75, 3.05) is 6.54 Å². The molecule has 2 N–H and O–H groups in total. The Morgan fingerprint density at radius 3 is 2.84 bits per heavy atom. The standard InChI is InChI=1S/C17H19N3O4S/c1-9-6-11(7-15(22)24-9)16-10(2)19-13(25-16)8-14(21)20-5-3-4-12(20)17(18)23/h6-7,12H,3-5,8H2,1-2H3,(H2,18,23)/t12-/m0/s1. The van der Waals surface area contributed by atoms with Gasteiger partial charge < -0.3 is 15.1 Å². The highest BCUT2D eigenvalue weighted by Crippen LogP contribution is 2.30. The SMILES string of the molecule is Cc1cc(-c2sc(CC(=O)N3CCC[C@H]3C(N)=O)nc2C)cc(=O)o1. The molecule has 1 fully saturated rings. The van der Waals surface area contributed by atoms with E-state index >= 15 is 0 Å². The van der Waals surface area contributed by atoms with Gasteiger partial charge in [-0.25, -0.2) is 9.78 Å². The number of carbonyl (C=O) groups is 2. The molecule has 0 radical (unpaired) electrons. The first-order valence-electron chi connectivity index (χ1n) is 8.02. The number of hydrogen-bond donors (Lipinski definition) is 1. The number of hydrogen-bond acceptors (Lipinski definition) is 6. The van der Waals surface area contributed by atoms with Gasteiger partial charge in [-0.05, 0) is 32.8 Å². The summed E-state index contributed by atoms with van der Waals surface area (Å²) in [5, 5.41) is 0.651. The van der Waals surface area contributed by atoms with E-state index in [-0.39, 0.29) is 12.3 Å². The molecule has 3 heterocycles. The summed E-state index contributed by atoms with van der Waals surface area (Å²) >= 11 is 1.37. The molecule has 8 heteroatoms. The Morgan fingerprint density at radius 2 is 2.16 bits per heavy atom. The number of primary amides is 1. The van der Waals surface area contributed by atoms with Gasteiger partial charge in [0, 0.05) is 18.2 Å². The van der Waals surface area contributed by atoms with Crippen molar-refractivity contribution in [2.45, 2.75) is 39.2 Å². The first-order chi connectivity index (χ1) is 11.8. The van der Waals surface area contributed by atoms with Crippen molar-refractivity contribution in [1.82, 2.24) is 9.88 Å². The number of nitrogens with zero attached hydrogens (tertiary/aromatic N) is 2. The van der Waals surface area contributed by atoms with Crippen LogP contribution >= 0.6 is 11.3 Å². The molecular weight excluding hydrogens is 342 g/mol. The Balaban J connectivity index is 1.82. The van der Waals surface area contributed by atoms with E-state index in [0.29, 0.717) is 23.7 Å². The number of nitrogens with two attached hydrogens (primary N) is 1. The zero-order chi connectivity index (χ0) is 18.1. The summed E-state index contributed by atoms with van der Waals surface area (Å²) in [4.78, 5) is 42.4. The summed E-state index contributed by atoms with van der Waals surface area (Å²) in [7, 11) is 0. The van der Waals surface area contributed by atoms with Crippen molar-refractivity contribution in [3.63, 3.8) is 0 Å². The topological polar surface area (TPSA) is 106 Å². The highest BCUT2D eigenvalue weighted by Gasteiger charge is 2.32. The maximum Gasteiger partial charge on any atom is 0.336 e. The smallest absolute Gasteiger partial charge is 0.336 e. The van der Waals surface area contributed by atoms with E-state index in [9.17, 15) is 14.4 Å². The molecule has 0 aromatic carbocycles. The minimum atomic E-state index is -0.519. The van der Waals surface area contributed by atoms with Crippen LogP contribution in [0.1, 0.15) is 29.3 Å². The van der Waals surface area contributed by atoms with Gasteiger partial charge in [-0.1, -0.05) is 0 Å². The third-order valence-electron chi connectivity index (χ3n) is 4.20. The van der Waals surface area contributed by atoms with Gasteiger partial charge in [0.1, 0.15) is 16.8 Å². The number of aromatic nitrogens is 1. The molecule has 1 aliphatic rings. The summed E-state index contributed by atoms with van der Waals surface area (Å²) in [6.45, 7) is 4.09. The van der Waals surface area contributed by atoms with Crippen molar-refractivity contribution < 1.29 is 14.0 Å². The van der Waals surface area contributed by atoms with Crippen LogP contribution in [0.5, 0.6) is 0 Å². The van der Waals surface area contributed by atoms with E-state index in [1.54, 1.807) is 17.9 Å². The van der Waals surface area contributed by atoms with E-state index in [0.717, 1.165) is 22.6 Å². The largest absolute Gasteiger partial charge is 0.428 e. The lowest BCUT2D eigenvalue weighted by molar-refractivity contribution is -0.136. The number of aryl methyl sites for hydroxylation is 2. The Hall–Kier alpha value is -2.48. The number of likely N-dealkylation sites (tertiary alicyclic amines) is 1. The number of thiazole rings is 1. The van der Waals surface area contributed by atoms with Gasteiger partial charge in [-0.3, -0.25) is 9.59 Å². The van der Waals surface area contributed by atoms with Crippen LogP contribution in [0.4, 0.5) is 0 Å². The molecule has 2 aromatic rings. The molecule has 1 saturated heterocycles. The van der Waals surface area contributed by atoms with Gasteiger partial charge in [0.05, 0.1) is 17.0 Å². The third-order valence-corrected chi connectivity index (χ3v) is 5.41. The highest BCUT2D eigenvalue weighted by molar-refractivity contribution is 7.15. The first kappa shape index (κ1) is 17.3. The van der Waals surface area contributed by atoms with Gasteiger partial charge >= 0.3 is 5.63 Å². The van der Waals surface area contributed by atoms with Crippen LogP contribution in [0.15, 0.2) is 21.3 Å². The Morgan fingerprint density at radius 1 is 1.40 bits per heavy atom. The molecule has 25 heavy (non-hydrogen) atoms. The summed E-state index contributed by atoms with van der Waals surface area (Å²) in [5.74, 6) is -0.0898. The van der Waals surface area contributed by atoms with E-state index in [2.05, 4.69) is 4.98 Å². The van der Waals surface area contributed by atoms with Gasteiger partial charge in [-0.15, -0.1) is 11.3 Å². The van der Waals surface area contributed by atoms with E-state index in [4.69, 9.17) is 10.2 Å². The maximum atomic E-state index is 12.5. The molecule has 0 aliphatic carbocycles.